The number of rotatable bonds is 6. The highest BCUT2D eigenvalue weighted by atomic mass is 19.4. The molecule has 10 nitrogen and oxygen atoms in total. The average Bonchev–Trinajstić information content (AvgIpc) is 3.54. The summed E-state index contributed by atoms with van der Waals surface area (Å²) in [6.07, 6.45) is 0.0871. The lowest BCUT2D eigenvalue weighted by Crippen LogP contribution is -2.68. The Kier molecular flexibility index (Phi) is 7.69. The van der Waals surface area contributed by atoms with E-state index in [9.17, 15) is 27.6 Å². The third-order valence-corrected chi connectivity index (χ3v) is 11.1. The summed E-state index contributed by atoms with van der Waals surface area (Å²) in [7, 11) is 1.88. The van der Waals surface area contributed by atoms with Gasteiger partial charge in [-0.2, -0.15) is 13.2 Å². The van der Waals surface area contributed by atoms with Gasteiger partial charge < -0.3 is 19.1 Å². The molecule has 1 aromatic heterocycles. The molecule has 7 rings (SSSR count). The monoisotopic (exact) mass is 692 g/mol. The van der Waals surface area contributed by atoms with Gasteiger partial charge in [-0.05, 0) is 101 Å². The molecule has 2 aliphatic heterocycles. The largest absolute Gasteiger partial charge is 0.444 e. The van der Waals surface area contributed by atoms with E-state index in [1.54, 1.807) is 40.1 Å². The first-order valence-electron chi connectivity index (χ1n) is 17.1. The normalized spacial score (nSPS) is 20.1. The van der Waals surface area contributed by atoms with Gasteiger partial charge in [-0.15, -0.1) is 10.2 Å². The maximum atomic E-state index is 14.7. The third kappa shape index (κ3) is 5.62. The Bertz CT molecular complexity index is 1880. The highest BCUT2D eigenvalue weighted by molar-refractivity contribution is 6.10. The van der Waals surface area contributed by atoms with Crippen LogP contribution in [-0.4, -0.2) is 66.7 Å². The fourth-order valence-electron chi connectivity index (χ4n) is 8.57. The highest BCUT2D eigenvalue weighted by Gasteiger charge is 2.63. The number of halogens is 3. The fourth-order valence-corrected chi connectivity index (χ4v) is 8.57. The Balaban J connectivity index is 1.21. The van der Waals surface area contributed by atoms with Gasteiger partial charge in [0.1, 0.15) is 17.8 Å². The number of ether oxygens (including phenoxy) is 1. The molecular weight excluding hydrogens is 649 g/mol. The van der Waals surface area contributed by atoms with Crippen LogP contribution in [0.2, 0.25) is 0 Å². The Morgan fingerprint density at radius 1 is 1.06 bits per heavy atom. The van der Waals surface area contributed by atoms with E-state index in [4.69, 9.17) is 4.74 Å². The van der Waals surface area contributed by atoms with Crippen LogP contribution in [0.25, 0.3) is 0 Å². The average molecular weight is 693 g/mol. The minimum Gasteiger partial charge on any atom is -0.444 e. The molecular formula is C37H43F3N6O4. The molecule has 3 aromatic rings. The Labute approximate surface area is 289 Å². The summed E-state index contributed by atoms with van der Waals surface area (Å²) in [5.74, 6) is 0.269. The van der Waals surface area contributed by atoms with Gasteiger partial charge in [0.05, 0.1) is 17.5 Å². The molecule has 3 fully saturated rings. The molecule has 2 aliphatic carbocycles. The van der Waals surface area contributed by atoms with E-state index >= 15 is 0 Å². The van der Waals surface area contributed by atoms with Gasteiger partial charge in [-0.3, -0.25) is 14.5 Å². The fraction of sp³-hybridized carbons (Fsp3) is 0.541. The van der Waals surface area contributed by atoms with Crippen molar-refractivity contribution >= 4 is 23.6 Å². The van der Waals surface area contributed by atoms with Gasteiger partial charge in [0, 0.05) is 55.8 Å². The van der Waals surface area contributed by atoms with E-state index in [0.717, 1.165) is 36.7 Å². The number of likely N-dealkylation sites (tertiary alicyclic amines) is 1. The number of anilines is 1. The summed E-state index contributed by atoms with van der Waals surface area (Å²) < 4.78 is 51.6. The van der Waals surface area contributed by atoms with E-state index in [2.05, 4.69) is 10.2 Å². The number of aromatic nitrogens is 3. The van der Waals surface area contributed by atoms with Crippen molar-refractivity contribution in [1.82, 2.24) is 24.6 Å². The molecule has 0 bridgehead atoms. The van der Waals surface area contributed by atoms with E-state index in [1.165, 1.54) is 15.9 Å². The van der Waals surface area contributed by atoms with Gasteiger partial charge in [0.15, 0.2) is 0 Å². The molecule has 3 heterocycles. The Morgan fingerprint density at radius 2 is 1.76 bits per heavy atom. The van der Waals surface area contributed by atoms with Crippen molar-refractivity contribution < 1.29 is 32.3 Å². The zero-order chi connectivity index (χ0) is 36.0. The number of carbonyl (C=O) groups excluding carboxylic acids is 3. The molecule has 0 N–H and O–H groups in total. The zero-order valence-corrected chi connectivity index (χ0v) is 29.4. The van der Waals surface area contributed by atoms with Crippen molar-refractivity contribution in [3.05, 3.63) is 76.4 Å². The molecule has 3 amide bonds. The first kappa shape index (κ1) is 34.0. The van der Waals surface area contributed by atoms with Crippen LogP contribution in [0.15, 0.2) is 42.7 Å². The second-order valence-electron chi connectivity index (χ2n) is 16.1. The van der Waals surface area contributed by atoms with Gasteiger partial charge >= 0.3 is 12.3 Å². The molecule has 1 spiro atoms. The Morgan fingerprint density at radius 3 is 2.32 bits per heavy atom. The van der Waals surface area contributed by atoms with E-state index in [0.29, 0.717) is 31.6 Å². The number of nitrogens with zero attached hydrogens (tertiary/aromatic N) is 6. The highest BCUT2D eigenvalue weighted by Crippen LogP contribution is 2.62. The number of amides is 3. The maximum Gasteiger partial charge on any atom is 0.416 e. The van der Waals surface area contributed by atoms with Crippen LogP contribution < -0.4 is 4.90 Å². The van der Waals surface area contributed by atoms with Gasteiger partial charge in [0.25, 0.3) is 5.91 Å². The first-order chi connectivity index (χ1) is 23.3. The molecule has 2 saturated carbocycles. The third-order valence-electron chi connectivity index (χ3n) is 11.1. The predicted molar refractivity (Wildman–Crippen MR) is 178 cm³/mol. The summed E-state index contributed by atoms with van der Waals surface area (Å²) in [6, 6.07) is 9.98. The molecule has 2 aromatic carbocycles. The lowest BCUT2D eigenvalue weighted by Gasteiger charge is -2.63. The molecule has 13 heteroatoms. The van der Waals surface area contributed by atoms with Crippen molar-refractivity contribution in [3.8, 4) is 0 Å². The van der Waals surface area contributed by atoms with Crippen LogP contribution in [0.5, 0.6) is 0 Å². The van der Waals surface area contributed by atoms with E-state index < -0.39 is 40.3 Å². The summed E-state index contributed by atoms with van der Waals surface area (Å²) in [4.78, 5) is 44.1. The van der Waals surface area contributed by atoms with Crippen molar-refractivity contribution in [1.29, 1.82) is 0 Å². The van der Waals surface area contributed by atoms with Crippen LogP contribution in [0.4, 0.5) is 23.7 Å². The standard InChI is InChI=1S/C37H43F3N6O4/c1-23(47)44-20-35(21-44)18-36(19-35,31-42-41-22-43(31)6)25-9-7-10-26(15-25)45-17-28-27(30(45)48)13-24(14-29(28)37(38,39)40)16-46(34(5)11-8-12-34)32(49)50-33(2,3)4/h7,9-10,13-15,22H,8,11-12,16-21H2,1-6H3. The zero-order valence-electron chi connectivity index (χ0n) is 29.4. The van der Waals surface area contributed by atoms with Crippen LogP contribution >= 0.6 is 0 Å². The topological polar surface area (TPSA) is 101 Å². The van der Waals surface area contributed by atoms with Crippen molar-refractivity contribution in [2.45, 2.75) is 103 Å². The molecule has 50 heavy (non-hydrogen) atoms. The molecule has 0 radical (unpaired) electrons. The van der Waals surface area contributed by atoms with Crippen molar-refractivity contribution in [2.75, 3.05) is 18.0 Å². The van der Waals surface area contributed by atoms with Crippen LogP contribution in [0, 0.1) is 5.41 Å². The second kappa shape index (κ2) is 11.3. The summed E-state index contributed by atoms with van der Waals surface area (Å²) in [5.41, 5.74) is -1.31. The maximum absolute atomic E-state index is 14.7. The van der Waals surface area contributed by atoms with Crippen LogP contribution in [-0.2, 0) is 41.3 Å². The quantitative estimate of drug-likeness (QED) is 0.289. The number of hydrogen-bond donors (Lipinski definition) is 0. The Hall–Kier alpha value is -4.42. The van der Waals surface area contributed by atoms with Crippen LogP contribution in [0.1, 0.15) is 105 Å². The number of aryl methyl sites for hydroxylation is 1. The second-order valence-corrected chi connectivity index (χ2v) is 16.1. The minimum atomic E-state index is -4.72. The summed E-state index contributed by atoms with van der Waals surface area (Å²) in [5, 5.41) is 8.59. The molecule has 1 saturated heterocycles. The van der Waals surface area contributed by atoms with E-state index in [1.807, 2.05) is 41.6 Å². The predicted octanol–water partition coefficient (Wildman–Crippen LogP) is 6.60. The van der Waals surface area contributed by atoms with E-state index in [-0.39, 0.29) is 41.1 Å². The molecule has 0 atom stereocenters. The van der Waals surface area contributed by atoms with Crippen LogP contribution in [0.3, 0.4) is 0 Å². The van der Waals surface area contributed by atoms with Gasteiger partial charge in [0.2, 0.25) is 5.91 Å². The molecule has 266 valence electrons. The summed E-state index contributed by atoms with van der Waals surface area (Å²) >= 11 is 0. The molecule has 0 unspecified atom stereocenters. The SMILES string of the molecule is CC(=O)N1CC2(C1)CC(c1cccc(N3Cc4c(cc(CN(C(=O)OC(C)(C)C)C5(C)CCC5)cc4C(F)(F)F)C3=O)c1)(c1nncn1C)C2. The number of alkyl halides is 3. The number of hydrogen-bond acceptors (Lipinski definition) is 6. The number of carbonyl (C=O) groups is 3. The number of fused-ring (bicyclic) bond motifs is 1. The summed E-state index contributed by atoms with van der Waals surface area (Å²) in [6.45, 7) is 9.69. The lowest BCUT2D eigenvalue weighted by atomic mass is 9.47. The van der Waals surface area contributed by atoms with Crippen molar-refractivity contribution in [3.63, 3.8) is 0 Å². The minimum absolute atomic E-state index is 0.0208. The number of benzene rings is 2. The van der Waals surface area contributed by atoms with Crippen molar-refractivity contribution in [2.24, 2.45) is 12.5 Å². The smallest absolute Gasteiger partial charge is 0.416 e. The molecule has 4 aliphatic rings. The first-order valence-corrected chi connectivity index (χ1v) is 17.1. The van der Waals surface area contributed by atoms with Gasteiger partial charge in [-0.25, -0.2) is 4.79 Å². The van der Waals surface area contributed by atoms with Gasteiger partial charge in [-0.1, -0.05) is 12.1 Å². The lowest BCUT2D eigenvalue weighted by molar-refractivity contribution is -0.154.